The smallest absolute Gasteiger partial charge is 0.255 e. The van der Waals surface area contributed by atoms with Gasteiger partial charge in [-0.2, -0.15) is 0 Å². The van der Waals surface area contributed by atoms with Gasteiger partial charge in [-0.25, -0.2) is 0 Å². The Bertz CT molecular complexity index is 962. The van der Waals surface area contributed by atoms with Gasteiger partial charge in [-0.05, 0) is 53.6 Å². The highest BCUT2D eigenvalue weighted by atomic mass is 16.1. The number of ketones is 1. The number of anilines is 2. The lowest BCUT2D eigenvalue weighted by Crippen LogP contribution is -2.20. The first-order valence-corrected chi connectivity index (χ1v) is 8.74. The predicted molar refractivity (Wildman–Crippen MR) is 109 cm³/mol. The van der Waals surface area contributed by atoms with Gasteiger partial charge in [-0.1, -0.05) is 32.9 Å². The van der Waals surface area contributed by atoms with E-state index < -0.39 is 5.41 Å². The molecular formula is C22H23N3O2. The second kappa shape index (κ2) is 7.11. The first-order valence-electron chi connectivity index (χ1n) is 8.74. The number of benzene rings is 2. The molecule has 2 aromatic carbocycles. The maximum absolute atomic E-state index is 12.4. The van der Waals surface area contributed by atoms with Gasteiger partial charge in [-0.15, -0.1) is 0 Å². The van der Waals surface area contributed by atoms with Crippen LogP contribution in [0.4, 0.5) is 11.4 Å². The van der Waals surface area contributed by atoms with Crippen molar-refractivity contribution in [2.75, 3.05) is 11.1 Å². The zero-order valence-corrected chi connectivity index (χ0v) is 15.7. The van der Waals surface area contributed by atoms with Gasteiger partial charge >= 0.3 is 0 Å². The Hall–Kier alpha value is -3.34. The van der Waals surface area contributed by atoms with E-state index in [9.17, 15) is 9.59 Å². The first kappa shape index (κ1) is 18.5. The summed E-state index contributed by atoms with van der Waals surface area (Å²) in [6, 6.07) is 16.1. The zero-order valence-electron chi connectivity index (χ0n) is 15.7. The number of carbonyl (C=O) groups excluding carboxylic acids is 2. The molecule has 1 aromatic heterocycles. The number of H-pyrrole nitrogens is 1. The molecule has 0 aliphatic heterocycles. The van der Waals surface area contributed by atoms with E-state index >= 15 is 0 Å². The predicted octanol–water partition coefficient (Wildman–Crippen LogP) is 4.75. The molecule has 0 spiro atoms. The number of amides is 1. The molecular weight excluding hydrogens is 338 g/mol. The molecule has 4 N–H and O–H groups in total. The summed E-state index contributed by atoms with van der Waals surface area (Å²) in [5, 5.41) is 2.86. The summed E-state index contributed by atoms with van der Waals surface area (Å²) in [6.07, 6.45) is 1.82. The number of nitrogens with two attached hydrogens (primary N) is 1. The number of hydrogen-bond acceptors (Lipinski definition) is 3. The van der Waals surface area contributed by atoms with Gasteiger partial charge in [0.1, 0.15) is 0 Å². The molecule has 5 heteroatoms. The summed E-state index contributed by atoms with van der Waals surface area (Å²) in [5.74, 6) is -0.122. The molecule has 0 atom stereocenters. The topological polar surface area (TPSA) is 88.0 Å². The lowest BCUT2D eigenvalue weighted by Gasteiger charge is -2.14. The highest BCUT2D eigenvalue weighted by molar-refractivity contribution is 6.04. The molecule has 0 radical (unpaired) electrons. The van der Waals surface area contributed by atoms with Crippen molar-refractivity contribution in [3.63, 3.8) is 0 Å². The van der Waals surface area contributed by atoms with Gasteiger partial charge in [-0.3, -0.25) is 9.59 Å². The van der Waals surface area contributed by atoms with Crippen molar-refractivity contribution in [2.45, 2.75) is 20.8 Å². The highest BCUT2D eigenvalue weighted by Gasteiger charge is 2.24. The lowest BCUT2D eigenvalue weighted by atomic mass is 9.89. The summed E-state index contributed by atoms with van der Waals surface area (Å²) in [5.41, 5.74) is 9.56. The van der Waals surface area contributed by atoms with E-state index in [2.05, 4.69) is 10.3 Å². The van der Waals surface area contributed by atoms with E-state index in [4.69, 9.17) is 5.73 Å². The first-order chi connectivity index (χ1) is 12.7. The number of aromatic amines is 1. The number of carbonyl (C=O) groups is 2. The van der Waals surface area contributed by atoms with E-state index in [1.165, 1.54) is 0 Å². The van der Waals surface area contributed by atoms with Gasteiger partial charge in [0, 0.05) is 28.6 Å². The SMILES string of the molecule is CC(C)(C)C(=O)c1cc(-c2ccc(NC(=O)c3ccc(N)cc3)cc2)c[nH]1. The zero-order chi connectivity index (χ0) is 19.6. The third kappa shape index (κ3) is 4.26. The summed E-state index contributed by atoms with van der Waals surface area (Å²) >= 11 is 0. The third-order valence-corrected chi connectivity index (χ3v) is 4.26. The average molecular weight is 361 g/mol. The number of hydrogen-bond donors (Lipinski definition) is 3. The van der Waals surface area contributed by atoms with Gasteiger partial charge in [0.15, 0.2) is 5.78 Å². The van der Waals surface area contributed by atoms with Crippen LogP contribution in [0.3, 0.4) is 0 Å². The normalized spacial score (nSPS) is 11.2. The van der Waals surface area contributed by atoms with Gasteiger partial charge in [0.2, 0.25) is 0 Å². The minimum absolute atomic E-state index is 0.0705. The fourth-order valence-corrected chi connectivity index (χ4v) is 2.68. The van der Waals surface area contributed by atoms with Crippen molar-refractivity contribution in [3.05, 3.63) is 72.1 Å². The van der Waals surface area contributed by atoms with E-state index in [1.807, 2.05) is 57.3 Å². The fourth-order valence-electron chi connectivity index (χ4n) is 2.68. The molecule has 1 amide bonds. The minimum Gasteiger partial charge on any atom is -0.399 e. The van der Waals surface area contributed by atoms with Crippen LogP contribution >= 0.6 is 0 Å². The largest absolute Gasteiger partial charge is 0.399 e. The number of rotatable bonds is 4. The van der Waals surface area contributed by atoms with E-state index in [0.29, 0.717) is 22.6 Å². The average Bonchev–Trinajstić information content (AvgIpc) is 3.11. The second-order valence-corrected chi connectivity index (χ2v) is 7.53. The van der Waals surface area contributed by atoms with Crippen LogP contribution in [-0.4, -0.2) is 16.7 Å². The molecule has 27 heavy (non-hydrogen) atoms. The van der Waals surface area contributed by atoms with Crippen LogP contribution in [0.5, 0.6) is 0 Å². The molecule has 0 aliphatic rings. The Kier molecular flexibility index (Phi) is 4.86. The lowest BCUT2D eigenvalue weighted by molar-refractivity contribution is 0.0853. The Morgan fingerprint density at radius 2 is 1.56 bits per heavy atom. The van der Waals surface area contributed by atoms with Crippen molar-refractivity contribution in [1.29, 1.82) is 0 Å². The summed E-state index contributed by atoms with van der Waals surface area (Å²) in [7, 11) is 0. The molecule has 0 aliphatic carbocycles. The summed E-state index contributed by atoms with van der Waals surface area (Å²) in [4.78, 5) is 27.7. The molecule has 0 fully saturated rings. The molecule has 0 unspecified atom stereocenters. The van der Waals surface area contributed by atoms with Crippen LogP contribution in [0.2, 0.25) is 0 Å². The quantitative estimate of drug-likeness (QED) is 0.463. The van der Waals surface area contributed by atoms with Crippen LogP contribution in [-0.2, 0) is 0 Å². The van der Waals surface area contributed by atoms with Crippen molar-refractivity contribution in [2.24, 2.45) is 5.41 Å². The second-order valence-electron chi connectivity index (χ2n) is 7.53. The van der Waals surface area contributed by atoms with Crippen LogP contribution in [0.25, 0.3) is 11.1 Å². The molecule has 0 saturated carbocycles. The van der Waals surface area contributed by atoms with E-state index in [-0.39, 0.29) is 11.7 Å². The monoisotopic (exact) mass is 361 g/mol. The van der Waals surface area contributed by atoms with Crippen molar-refractivity contribution in [1.82, 2.24) is 4.98 Å². The Morgan fingerprint density at radius 1 is 0.926 bits per heavy atom. The van der Waals surface area contributed by atoms with Gasteiger partial charge in [0.25, 0.3) is 5.91 Å². The molecule has 3 aromatic rings. The molecule has 1 heterocycles. The van der Waals surface area contributed by atoms with E-state index in [0.717, 1.165) is 11.1 Å². The summed E-state index contributed by atoms with van der Waals surface area (Å²) in [6.45, 7) is 5.69. The number of Topliss-reactive ketones (excluding diaryl/α,β-unsaturated/α-hetero) is 1. The Balaban J connectivity index is 1.72. The highest BCUT2D eigenvalue weighted by Crippen LogP contribution is 2.26. The fraction of sp³-hybridized carbons (Fsp3) is 0.182. The minimum atomic E-state index is -0.432. The van der Waals surface area contributed by atoms with Crippen molar-refractivity contribution < 1.29 is 9.59 Å². The molecule has 3 rings (SSSR count). The number of aromatic nitrogens is 1. The Morgan fingerprint density at radius 3 is 2.15 bits per heavy atom. The molecule has 138 valence electrons. The van der Waals surface area contributed by atoms with Crippen LogP contribution in [0.15, 0.2) is 60.8 Å². The van der Waals surface area contributed by atoms with Crippen molar-refractivity contribution >= 4 is 23.1 Å². The molecule has 0 bridgehead atoms. The van der Waals surface area contributed by atoms with Gasteiger partial charge in [0.05, 0.1) is 5.69 Å². The summed E-state index contributed by atoms with van der Waals surface area (Å²) < 4.78 is 0. The maximum Gasteiger partial charge on any atom is 0.255 e. The number of nitrogens with one attached hydrogen (secondary N) is 2. The van der Waals surface area contributed by atoms with E-state index in [1.54, 1.807) is 24.3 Å². The standard InChI is InChI=1S/C22H23N3O2/c1-22(2,3)20(26)19-12-16(13-24-19)14-6-10-18(11-7-14)25-21(27)15-4-8-17(23)9-5-15/h4-13,24H,23H2,1-3H3,(H,25,27). The van der Waals surface area contributed by atoms with Crippen LogP contribution in [0, 0.1) is 5.41 Å². The Labute approximate surface area is 158 Å². The maximum atomic E-state index is 12.4. The van der Waals surface area contributed by atoms with Crippen LogP contribution < -0.4 is 11.1 Å². The number of nitrogen functional groups attached to an aromatic ring is 1. The third-order valence-electron chi connectivity index (χ3n) is 4.26. The molecule has 0 saturated heterocycles. The molecule has 5 nitrogen and oxygen atoms in total. The van der Waals surface area contributed by atoms with Crippen LogP contribution in [0.1, 0.15) is 41.6 Å². The van der Waals surface area contributed by atoms with Crippen molar-refractivity contribution in [3.8, 4) is 11.1 Å². The van der Waals surface area contributed by atoms with Gasteiger partial charge < -0.3 is 16.0 Å².